The van der Waals surface area contributed by atoms with E-state index in [0.29, 0.717) is 31.0 Å². The van der Waals surface area contributed by atoms with Gasteiger partial charge in [-0.05, 0) is 11.6 Å². The summed E-state index contributed by atoms with van der Waals surface area (Å²) in [4.78, 5) is 18.6. The summed E-state index contributed by atoms with van der Waals surface area (Å²) < 4.78 is 44.2. The van der Waals surface area contributed by atoms with Crippen LogP contribution in [0.25, 0.3) is 0 Å². The van der Waals surface area contributed by atoms with Crippen molar-refractivity contribution in [1.82, 2.24) is 9.88 Å². The molecule has 1 aliphatic heterocycles. The van der Waals surface area contributed by atoms with Crippen molar-refractivity contribution in [2.24, 2.45) is 0 Å². The molecule has 0 saturated heterocycles. The largest absolute Gasteiger partial charge is 0.445 e. The van der Waals surface area contributed by atoms with Crippen LogP contribution in [0.4, 0.5) is 13.2 Å². The van der Waals surface area contributed by atoms with Gasteiger partial charge in [-0.2, -0.15) is 13.2 Å². The number of hydrogen-bond donors (Lipinski definition) is 0. The van der Waals surface area contributed by atoms with Crippen LogP contribution in [0.1, 0.15) is 49.2 Å². The van der Waals surface area contributed by atoms with Gasteiger partial charge >= 0.3 is 6.18 Å². The number of halogens is 3. The quantitative estimate of drug-likeness (QED) is 0.803. The molecule has 26 heavy (non-hydrogen) atoms. The summed E-state index contributed by atoms with van der Waals surface area (Å²) in [6.07, 6.45) is -3.92. The fourth-order valence-corrected chi connectivity index (χ4v) is 2.88. The molecule has 140 valence electrons. The molecule has 0 bridgehead atoms. The normalized spacial score (nSPS) is 15.1. The number of hydrogen-bond acceptors (Lipinski definition) is 3. The van der Waals surface area contributed by atoms with E-state index in [4.69, 9.17) is 4.42 Å². The number of nitrogens with zero attached hydrogens (tertiary/aromatic N) is 2. The highest BCUT2D eigenvalue weighted by Crippen LogP contribution is 2.30. The highest BCUT2D eigenvalue weighted by molar-refractivity contribution is 5.79. The lowest BCUT2D eigenvalue weighted by Gasteiger charge is -2.25. The van der Waals surface area contributed by atoms with Crippen molar-refractivity contribution in [3.63, 3.8) is 0 Å². The summed E-state index contributed by atoms with van der Waals surface area (Å²) in [7, 11) is 0. The minimum Gasteiger partial charge on any atom is -0.445 e. The van der Waals surface area contributed by atoms with Crippen LogP contribution in [0, 0.1) is 0 Å². The Kier molecular flexibility index (Phi) is 4.58. The highest BCUT2D eigenvalue weighted by Gasteiger charge is 2.31. The Bertz CT molecular complexity index is 819. The van der Waals surface area contributed by atoms with Gasteiger partial charge in [0.25, 0.3) is 0 Å². The van der Waals surface area contributed by atoms with Gasteiger partial charge in [0.05, 0.1) is 18.5 Å². The predicted octanol–water partition coefficient (Wildman–Crippen LogP) is 4.12. The van der Waals surface area contributed by atoms with E-state index >= 15 is 0 Å². The lowest BCUT2D eigenvalue weighted by atomic mass is 9.97. The smallest absolute Gasteiger partial charge is 0.416 e. The lowest BCUT2D eigenvalue weighted by Crippen LogP contribution is -2.36. The summed E-state index contributed by atoms with van der Waals surface area (Å²) in [6.45, 7) is 6.80. The second kappa shape index (κ2) is 6.45. The summed E-state index contributed by atoms with van der Waals surface area (Å²) in [6, 6.07) is 4.90. The molecule has 0 unspecified atom stereocenters. The van der Waals surface area contributed by atoms with Crippen molar-refractivity contribution in [2.45, 2.75) is 51.7 Å². The van der Waals surface area contributed by atoms with Gasteiger partial charge in [0.1, 0.15) is 11.5 Å². The molecule has 0 N–H and O–H groups in total. The van der Waals surface area contributed by atoms with E-state index < -0.39 is 11.7 Å². The second-order valence-electron chi connectivity index (χ2n) is 7.58. The lowest BCUT2D eigenvalue weighted by molar-refractivity contribution is -0.138. The first-order valence-corrected chi connectivity index (χ1v) is 8.47. The van der Waals surface area contributed by atoms with Crippen LogP contribution in [0.5, 0.6) is 0 Å². The minimum absolute atomic E-state index is 0.0662. The molecular formula is C19H21F3N2O2. The first-order chi connectivity index (χ1) is 12.0. The number of carbonyl (C=O) groups is 1. The molecule has 1 aromatic carbocycles. The molecule has 0 radical (unpaired) electrons. The van der Waals surface area contributed by atoms with Crippen LogP contribution in [-0.4, -0.2) is 22.3 Å². The molecule has 1 amide bonds. The zero-order chi connectivity index (χ0) is 19.1. The van der Waals surface area contributed by atoms with Gasteiger partial charge < -0.3 is 9.32 Å². The van der Waals surface area contributed by atoms with Crippen LogP contribution in [-0.2, 0) is 35.8 Å². The minimum atomic E-state index is -4.41. The molecular weight excluding hydrogens is 345 g/mol. The van der Waals surface area contributed by atoms with Crippen molar-refractivity contribution in [2.75, 3.05) is 6.54 Å². The number of carbonyl (C=O) groups excluding carboxylic acids is 1. The van der Waals surface area contributed by atoms with E-state index in [9.17, 15) is 18.0 Å². The maximum Gasteiger partial charge on any atom is 0.416 e. The number of amides is 1. The molecule has 1 aromatic heterocycles. The van der Waals surface area contributed by atoms with E-state index in [2.05, 4.69) is 4.98 Å². The Hall–Kier alpha value is -2.31. The van der Waals surface area contributed by atoms with E-state index in [1.165, 1.54) is 12.1 Å². The van der Waals surface area contributed by atoms with Crippen molar-refractivity contribution in [3.8, 4) is 0 Å². The monoisotopic (exact) mass is 366 g/mol. The molecule has 0 atom stereocenters. The highest BCUT2D eigenvalue weighted by atomic mass is 19.4. The van der Waals surface area contributed by atoms with Crippen molar-refractivity contribution < 1.29 is 22.4 Å². The molecule has 0 fully saturated rings. The SMILES string of the molecule is CC(C)(C)c1nc2c(o1)CCN(C(=O)Cc1cccc(C(F)(F)F)c1)C2. The third-order valence-electron chi connectivity index (χ3n) is 4.33. The Labute approximate surface area is 150 Å². The molecule has 2 heterocycles. The fourth-order valence-electron chi connectivity index (χ4n) is 2.88. The molecule has 7 heteroatoms. The predicted molar refractivity (Wildman–Crippen MR) is 89.5 cm³/mol. The maximum absolute atomic E-state index is 12.8. The number of benzene rings is 1. The van der Waals surface area contributed by atoms with Crippen molar-refractivity contribution in [1.29, 1.82) is 0 Å². The Morgan fingerprint density at radius 2 is 2.00 bits per heavy atom. The number of aromatic nitrogens is 1. The topological polar surface area (TPSA) is 46.3 Å². The van der Waals surface area contributed by atoms with E-state index in [1.807, 2.05) is 20.8 Å². The molecule has 1 aliphatic rings. The van der Waals surface area contributed by atoms with Gasteiger partial charge in [-0.1, -0.05) is 39.0 Å². The zero-order valence-corrected chi connectivity index (χ0v) is 15.0. The first-order valence-electron chi connectivity index (χ1n) is 8.47. The van der Waals surface area contributed by atoms with Gasteiger partial charge in [0.15, 0.2) is 5.89 Å². The third kappa shape index (κ3) is 3.92. The Morgan fingerprint density at radius 3 is 2.65 bits per heavy atom. The standard InChI is InChI=1S/C19H21F3N2O2/c1-18(2,3)17-23-14-11-24(8-7-15(14)26-17)16(25)10-12-5-4-6-13(9-12)19(20,21)22/h4-6,9H,7-8,10-11H2,1-3H3. The zero-order valence-electron chi connectivity index (χ0n) is 15.0. The molecule has 0 spiro atoms. The van der Waals surface area contributed by atoms with Crippen molar-refractivity contribution >= 4 is 5.91 Å². The maximum atomic E-state index is 12.8. The van der Waals surface area contributed by atoms with E-state index in [1.54, 1.807) is 4.90 Å². The second-order valence-corrected chi connectivity index (χ2v) is 7.58. The van der Waals surface area contributed by atoms with Gasteiger partial charge in [-0.3, -0.25) is 4.79 Å². The molecule has 0 aliphatic carbocycles. The van der Waals surface area contributed by atoms with Crippen LogP contribution >= 0.6 is 0 Å². The third-order valence-corrected chi connectivity index (χ3v) is 4.33. The van der Waals surface area contributed by atoms with Crippen LogP contribution < -0.4 is 0 Å². The van der Waals surface area contributed by atoms with Crippen LogP contribution in [0.15, 0.2) is 28.7 Å². The van der Waals surface area contributed by atoms with Gasteiger partial charge in [-0.15, -0.1) is 0 Å². The van der Waals surface area contributed by atoms with Crippen LogP contribution in [0.3, 0.4) is 0 Å². The van der Waals surface area contributed by atoms with Crippen molar-refractivity contribution in [3.05, 3.63) is 52.7 Å². The summed E-state index contributed by atoms with van der Waals surface area (Å²) in [5.74, 6) is 1.21. The van der Waals surface area contributed by atoms with Gasteiger partial charge in [0.2, 0.25) is 5.91 Å². The average molecular weight is 366 g/mol. The number of alkyl halides is 3. The fraction of sp³-hybridized carbons (Fsp3) is 0.474. The molecule has 3 rings (SSSR count). The number of rotatable bonds is 2. The average Bonchev–Trinajstić information content (AvgIpc) is 2.97. The Morgan fingerprint density at radius 1 is 1.27 bits per heavy atom. The van der Waals surface area contributed by atoms with Gasteiger partial charge in [0, 0.05) is 18.4 Å². The first kappa shape index (κ1) is 18.5. The van der Waals surface area contributed by atoms with E-state index in [0.717, 1.165) is 23.6 Å². The summed E-state index contributed by atoms with van der Waals surface area (Å²) in [5.41, 5.74) is 0.129. The number of oxazole rings is 1. The van der Waals surface area contributed by atoms with E-state index in [-0.39, 0.29) is 17.7 Å². The summed E-state index contributed by atoms with van der Waals surface area (Å²) >= 11 is 0. The summed E-state index contributed by atoms with van der Waals surface area (Å²) in [5, 5.41) is 0. The van der Waals surface area contributed by atoms with Gasteiger partial charge in [-0.25, -0.2) is 4.98 Å². The van der Waals surface area contributed by atoms with Crippen LogP contribution in [0.2, 0.25) is 0 Å². The molecule has 2 aromatic rings. The molecule has 0 saturated carbocycles. The number of fused-ring (bicyclic) bond motifs is 1. The Balaban J connectivity index is 1.71. The molecule has 4 nitrogen and oxygen atoms in total.